The van der Waals surface area contributed by atoms with Gasteiger partial charge < -0.3 is 9.47 Å². The molecule has 0 saturated carbocycles. The number of ketones is 1. The van der Waals surface area contributed by atoms with Crippen LogP contribution < -0.4 is 0 Å². The van der Waals surface area contributed by atoms with Crippen LogP contribution in [0.3, 0.4) is 0 Å². The van der Waals surface area contributed by atoms with Gasteiger partial charge in [0.25, 0.3) is 0 Å². The molecule has 1 saturated heterocycles. The van der Waals surface area contributed by atoms with Crippen molar-refractivity contribution in [2.24, 2.45) is 5.92 Å². The number of nitriles is 1. The number of carbonyl (C=O) groups excluding carboxylic acids is 1. The van der Waals surface area contributed by atoms with Crippen LogP contribution in [0.2, 0.25) is 0 Å². The molecule has 0 N–H and O–H groups in total. The van der Waals surface area contributed by atoms with Crippen LogP contribution in [0.5, 0.6) is 0 Å². The minimum atomic E-state index is -0.628. The summed E-state index contributed by atoms with van der Waals surface area (Å²) >= 11 is 0. The van der Waals surface area contributed by atoms with E-state index in [2.05, 4.69) is 6.92 Å². The van der Waals surface area contributed by atoms with Gasteiger partial charge in [-0.2, -0.15) is 5.26 Å². The second-order valence-electron chi connectivity index (χ2n) is 3.35. The van der Waals surface area contributed by atoms with E-state index in [4.69, 9.17) is 14.7 Å². The average Bonchev–Trinajstić information content (AvgIpc) is 2.54. The zero-order valence-corrected chi connectivity index (χ0v) is 8.36. The van der Waals surface area contributed by atoms with E-state index < -0.39 is 5.92 Å². The first kappa shape index (κ1) is 11.2. The highest BCUT2D eigenvalue weighted by Gasteiger charge is 2.35. The molecule has 0 spiro atoms. The van der Waals surface area contributed by atoms with Crippen LogP contribution in [-0.4, -0.2) is 31.7 Å². The largest absolute Gasteiger partial charge is 0.379 e. The highest BCUT2D eigenvalue weighted by Crippen LogP contribution is 2.17. The van der Waals surface area contributed by atoms with Crippen molar-refractivity contribution in [1.82, 2.24) is 0 Å². The molecule has 1 rings (SSSR count). The van der Waals surface area contributed by atoms with E-state index in [-0.39, 0.29) is 18.5 Å². The molecule has 4 nitrogen and oxygen atoms in total. The number of unbranched alkanes of at least 4 members (excludes halogenated alkanes) is 1. The van der Waals surface area contributed by atoms with Gasteiger partial charge in [-0.15, -0.1) is 0 Å². The van der Waals surface area contributed by atoms with Crippen molar-refractivity contribution in [2.45, 2.75) is 25.9 Å². The third-order valence-corrected chi connectivity index (χ3v) is 2.22. The summed E-state index contributed by atoms with van der Waals surface area (Å²) in [5, 5.41) is 8.70. The summed E-state index contributed by atoms with van der Waals surface area (Å²) in [6.07, 6.45) is 1.72. The van der Waals surface area contributed by atoms with E-state index in [0.29, 0.717) is 13.2 Å². The van der Waals surface area contributed by atoms with Gasteiger partial charge in [0.05, 0.1) is 12.7 Å². The van der Waals surface area contributed by atoms with Crippen LogP contribution in [0.4, 0.5) is 0 Å². The van der Waals surface area contributed by atoms with E-state index in [0.717, 1.165) is 12.8 Å². The predicted molar refractivity (Wildman–Crippen MR) is 49.6 cm³/mol. The van der Waals surface area contributed by atoms with Crippen molar-refractivity contribution in [3.63, 3.8) is 0 Å². The van der Waals surface area contributed by atoms with Crippen LogP contribution in [0.15, 0.2) is 0 Å². The van der Waals surface area contributed by atoms with Crippen LogP contribution in [0, 0.1) is 17.2 Å². The molecule has 78 valence electrons. The lowest BCUT2D eigenvalue weighted by Gasteiger charge is -2.11. The maximum atomic E-state index is 11.1. The van der Waals surface area contributed by atoms with Crippen molar-refractivity contribution in [3.05, 3.63) is 0 Å². The summed E-state index contributed by atoms with van der Waals surface area (Å²) in [5.41, 5.74) is 0. The monoisotopic (exact) mass is 197 g/mol. The summed E-state index contributed by atoms with van der Waals surface area (Å²) in [5.74, 6) is -0.756. The molecular weight excluding hydrogens is 182 g/mol. The maximum absolute atomic E-state index is 11.1. The number of rotatable bonds is 5. The minimum absolute atomic E-state index is 0.0556. The van der Waals surface area contributed by atoms with Crippen molar-refractivity contribution in [1.29, 1.82) is 5.26 Å². The van der Waals surface area contributed by atoms with Gasteiger partial charge in [0.1, 0.15) is 18.6 Å². The average molecular weight is 197 g/mol. The number of nitrogens with zero attached hydrogens (tertiary/aromatic N) is 1. The molecule has 0 aliphatic carbocycles. The lowest BCUT2D eigenvalue weighted by atomic mass is 10.0. The van der Waals surface area contributed by atoms with Gasteiger partial charge in [0, 0.05) is 6.61 Å². The normalized spacial score (nSPS) is 26.4. The van der Waals surface area contributed by atoms with Gasteiger partial charge >= 0.3 is 0 Å². The standard InChI is InChI=1S/C10H15NO3/c1-2-3-4-13-7-10-8(5-11)9(12)6-14-10/h8,10H,2-4,6-7H2,1H3. The van der Waals surface area contributed by atoms with E-state index in [1.165, 1.54) is 0 Å². The van der Waals surface area contributed by atoms with E-state index >= 15 is 0 Å². The summed E-state index contributed by atoms with van der Waals surface area (Å²) < 4.78 is 10.5. The highest BCUT2D eigenvalue weighted by atomic mass is 16.5. The Kier molecular flexibility index (Phi) is 4.57. The quantitative estimate of drug-likeness (QED) is 0.615. The second-order valence-corrected chi connectivity index (χ2v) is 3.35. The SMILES string of the molecule is CCCCOCC1OCC(=O)C1C#N. The smallest absolute Gasteiger partial charge is 0.178 e. The molecule has 1 heterocycles. The summed E-state index contributed by atoms with van der Waals surface area (Å²) in [4.78, 5) is 11.1. The van der Waals surface area contributed by atoms with Gasteiger partial charge in [0.2, 0.25) is 0 Å². The van der Waals surface area contributed by atoms with E-state index in [1.807, 2.05) is 6.07 Å². The molecule has 14 heavy (non-hydrogen) atoms. The molecule has 2 atom stereocenters. The van der Waals surface area contributed by atoms with E-state index in [1.54, 1.807) is 0 Å². The number of ether oxygens (including phenoxy) is 2. The first-order valence-electron chi connectivity index (χ1n) is 4.91. The topological polar surface area (TPSA) is 59.3 Å². The summed E-state index contributed by atoms with van der Waals surface area (Å²) in [7, 11) is 0. The van der Waals surface area contributed by atoms with Gasteiger partial charge in [-0.05, 0) is 6.42 Å². The number of hydrogen-bond acceptors (Lipinski definition) is 4. The lowest BCUT2D eigenvalue weighted by molar-refractivity contribution is -0.119. The Labute approximate surface area is 83.8 Å². The van der Waals surface area contributed by atoms with Crippen molar-refractivity contribution in [2.75, 3.05) is 19.8 Å². The molecule has 0 aromatic rings. The van der Waals surface area contributed by atoms with Crippen molar-refractivity contribution in [3.8, 4) is 6.07 Å². The Hall–Kier alpha value is -0.920. The minimum Gasteiger partial charge on any atom is -0.379 e. The third kappa shape index (κ3) is 2.79. The Morgan fingerprint density at radius 1 is 1.71 bits per heavy atom. The number of carbonyl (C=O) groups is 1. The van der Waals surface area contributed by atoms with Crippen LogP contribution >= 0.6 is 0 Å². The van der Waals surface area contributed by atoms with Gasteiger partial charge in [-0.25, -0.2) is 0 Å². The van der Waals surface area contributed by atoms with Crippen LogP contribution in [-0.2, 0) is 14.3 Å². The molecule has 1 aliphatic rings. The molecule has 0 radical (unpaired) electrons. The fourth-order valence-electron chi connectivity index (χ4n) is 1.33. The van der Waals surface area contributed by atoms with Gasteiger partial charge in [0.15, 0.2) is 5.78 Å². The zero-order valence-electron chi connectivity index (χ0n) is 8.36. The summed E-state index contributed by atoms with van der Waals surface area (Å²) in [6, 6.07) is 1.95. The molecule has 2 unspecified atom stereocenters. The molecule has 1 fully saturated rings. The molecule has 0 bridgehead atoms. The Balaban J connectivity index is 2.24. The first-order valence-corrected chi connectivity index (χ1v) is 4.91. The maximum Gasteiger partial charge on any atom is 0.178 e. The van der Waals surface area contributed by atoms with Crippen LogP contribution in [0.25, 0.3) is 0 Å². The Bertz CT molecular complexity index is 234. The van der Waals surface area contributed by atoms with Crippen molar-refractivity contribution >= 4 is 5.78 Å². The van der Waals surface area contributed by atoms with Gasteiger partial charge in [-0.1, -0.05) is 13.3 Å². The van der Waals surface area contributed by atoms with Crippen LogP contribution in [0.1, 0.15) is 19.8 Å². The fourth-order valence-corrected chi connectivity index (χ4v) is 1.33. The number of Topliss-reactive ketones (excluding diaryl/α,β-unsaturated/α-hetero) is 1. The molecular formula is C10H15NO3. The lowest BCUT2D eigenvalue weighted by Crippen LogP contribution is -2.24. The third-order valence-electron chi connectivity index (χ3n) is 2.22. The van der Waals surface area contributed by atoms with Crippen molar-refractivity contribution < 1.29 is 14.3 Å². The summed E-state index contributed by atoms with van der Waals surface area (Å²) in [6.45, 7) is 3.16. The highest BCUT2D eigenvalue weighted by molar-refractivity contribution is 5.86. The Morgan fingerprint density at radius 3 is 3.14 bits per heavy atom. The molecule has 0 amide bonds. The van der Waals surface area contributed by atoms with E-state index in [9.17, 15) is 4.79 Å². The predicted octanol–water partition coefficient (Wildman–Crippen LogP) is 0.911. The fraction of sp³-hybridized carbons (Fsp3) is 0.800. The first-order chi connectivity index (χ1) is 6.79. The second kappa shape index (κ2) is 5.74. The Morgan fingerprint density at radius 2 is 2.50 bits per heavy atom. The number of hydrogen-bond donors (Lipinski definition) is 0. The molecule has 4 heteroatoms. The zero-order chi connectivity index (χ0) is 10.4. The molecule has 0 aromatic heterocycles. The molecule has 1 aliphatic heterocycles. The van der Waals surface area contributed by atoms with Gasteiger partial charge in [-0.3, -0.25) is 4.79 Å². The molecule has 0 aromatic carbocycles.